The highest BCUT2D eigenvalue weighted by Gasteiger charge is 2.27. The first kappa shape index (κ1) is 32.6. The number of rotatable bonds is 9. The van der Waals surface area contributed by atoms with Crippen LogP contribution in [0.25, 0.3) is 55.9 Å². The Hall–Kier alpha value is -6.62. The number of nitrogens with two attached hydrogens (primary N) is 2. The van der Waals surface area contributed by atoms with E-state index in [9.17, 15) is 0 Å². The smallest absolute Gasteiger partial charge is 0.0702 e. The summed E-state index contributed by atoms with van der Waals surface area (Å²) in [6, 6.07) is 62.4. The van der Waals surface area contributed by atoms with Gasteiger partial charge in [-0.05, 0) is 93.0 Å². The van der Waals surface area contributed by atoms with Crippen LogP contribution in [-0.2, 0) is 0 Å². The van der Waals surface area contributed by atoms with E-state index < -0.39 is 6.04 Å². The van der Waals surface area contributed by atoms with Crippen LogP contribution in [0.1, 0.15) is 28.7 Å². The van der Waals surface area contributed by atoms with Crippen molar-refractivity contribution in [2.24, 2.45) is 5.73 Å². The molecule has 8 rings (SSSR count). The molecule has 0 aliphatic rings. The molecule has 4 nitrogen and oxygen atoms in total. The summed E-state index contributed by atoms with van der Waals surface area (Å²) in [6.07, 6.45) is 3.77. The number of anilines is 1. The monoisotopic (exact) mass is 670 g/mol. The first-order valence-electron chi connectivity index (χ1n) is 17.5. The Morgan fingerprint density at radius 1 is 0.385 bits per heavy atom. The van der Waals surface area contributed by atoms with Crippen molar-refractivity contribution in [2.75, 3.05) is 5.73 Å². The lowest BCUT2D eigenvalue weighted by Gasteiger charge is -2.28. The van der Waals surface area contributed by atoms with Crippen molar-refractivity contribution in [3.8, 4) is 55.9 Å². The normalized spacial score (nSPS) is 12.2. The number of pyridine rings is 2. The molecule has 1 unspecified atom stereocenters. The van der Waals surface area contributed by atoms with Crippen LogP contribution in [0.4, 0.5) is 5.69 Å². The minimum atomic E-state index is -0.425. The van der Waals surface area contributed by atoms with Gasteiger partial charge in [0.1, 0.15) is 0 Å². The summed E-state index contributed by atoms with van der Waals surface area (Å²) in [6.45, 7) is 0. The summed E-state index contributed by atoms with van der Waals surface area (Å²) >= 11 is 0. The Morgan fingerprint density at radius 2 is 0.942 bits per heavy atom. The van der Waals surface area contributed by atoms with E-state index in [1.54, 1.807) is 0 Å². The Labute approximate surface area is 305 Å². The summed E-state index contributed by atoms with van der Waals surface area (Å²) in [5.41, 5.74) is 28.5. The minimum absolute atomic E-state index is 0.215. The standard InChI is InChI=1S/C48H38N4/c49-44-25-23-38(33-12-4-1-5-13-33)31-43(44)47(37-16-8-3-9-17-37)48(50)42-29-40(35-19-21-36(22-20-35)45-18-10-11-27-51-45)28-41(30-42)46-26-24-39(32-52-46)34-14-6-2-7-15-34/h1-32,47-48H,49-50H2/t47?,48-/m0/s1. The second-order valence-electron chi connectivity index (χ2n) is 13.1. The average molecular weight is 671 g/mol. The quantitative estimate of drug-likeness (QED) is 0.150. The van der Waals surface area contributed by atoms with Crippen molar-refractivity contribution in [3.63, 3.8) is 0 Å². The minimum Gasteiger partial charge on any atom is -0.398 e. The predicted octanol–water partition coefficient (Wildman–Crippen LogP) is 11.2. The lowest BCUT2D eigenvalue weighted by molar-refractivity contribution is 0.631. The predicted molar refractivity (Wildman–Crippen MR) is 215 cm³/mol. The molecular weight excluding hydrogens is 633 g/mol. The van der Waals surface area contributed by atoms with Gasteiger partial charge in [0.2, 0.25) is 0 Å². The molecule has 0 spiro atoms. The average Bonchev–Trinajstić information content (AvgIpc) is 3.23. The van der Waals surface area contributed by atoms with Gasteiger partial charge in [-0.1, -0.05) is 133 Å². The van der Waals surface area contributed by atoms with Gasteiger partial charge in [-0.3, -0.25) is 9.97 Å². The molecule has 0 radical (unpaired) electrons. The van der Waals surface area contributed by atoms with E-state index in [0.29, 0.717) is 5.69 Å². The fourth-order valence-corrected chi connectivity index (χ4v) is 6.98. The van der Waals surface area contributed by atoms with Crippen molar-refractivity contribution < 1.29 is 0 Å². The van der Waals surface area contributed by atoms with Crippen molar-refractivity contribution in [2.45, 2.75) is 12.0 Å². The number of nitrogen functional groups attached to an aromatic ring is 1. The molecule has 0 saturated heterocycles. The second-order valence-corrected chi connectivity index (χ2v) is 13.1. The molecule has 250 valence electrons. The van der Waals surface area contributed by atoms with Crippen LogP contribution in [0.15, 0.2) is 194 Å². The third-order valence-corrected chi connectivity index (χ3v) is 9.73. The van der Waals surface area contributed by atoms with Crippen molar-refractivity contribution >= 4 is 5.69 Å². The Bertz CT molecular complexity index is 2290. The zero-order valence-corrected chi connectivity index (χ0v) is 28.7. The van der Waals surface area contributed by atoms with Gasteiger partial charge in [0.05, 0.1) is 11.4 Å². The third-order valence-electron chi connectivity index (χ3n) is 9.73. The van der Waals surface area contributed by atoms with Crippen LogP contribution in [0.2, 0.25) is 0 Å². The van der Waals surface area contributed by atoms with Crippen molar-refractivity contribution in [1.29, 1.82) is 0 Å². The topological polar surface area (TPSA) is 77.8 Å². The number of benzene rings is 6. The van der Waals surface area contributed by atoms with Gasteiger partial charge in [-0.15, -0.1) is 0 Å². The fraction of sp³-hybridized carbons (Fsp3) is 0.0417. The van der Waals surface area contributed by atoms with Gasteiger partial charge >= 0.3 is 0 Å². The van der Waals surface area contributed by atoms with E-state index in [0.717, 1.165) is 72.6 Å². The zero-order valence-electron chi connectivity index (χ0n) is 28.7. The summed E-state index contributed by atoms with van der Waals surface area (Å²) < 4.78 is 0. The van der Waals surface area contributed by atoms with E-state index in [-0.39, 0.29) is 5.92 Å². The third kappa shape index (κ3) is 6.88. The number of hydrogen-bond acceptors (Lipinski definition) is 4. The first-order chi connectivity index (χ1) is 25.6. The molecule has 4 N–H and O–H groups in total. The summed E-state index contributed by atoms with van der Waals surface area (Å²) in [4.78, 5) is 9.51. The van der Waals surface area contributed by atoms with Gasteiger partial charge in [0.25, 0.3) is 0 Å². The maximum atomic E-state index is 7.47. The molecule has 0 aliphatic carbocycles. The van der Waals surface area contributed by atoms with E-state index in [1.807, 2.05) is 67.0 Å². The summed E-state index contributed by atoms with van der Waals surface area (Å²) in [5, 5.41) is 0. The van der Waals surface area contributed by atoms with Crippen LogP contribution in [0, 0.1) is 0 Å². The van der Waals surface area contributed by atoms with Gasteiger partial charge in [0, 0.05) is 46.7 Å². The SMILES string of the molecule is Nc1ccc(-c2ccccc2)cc1C(c1ccccc1)[C@@H](N)c1cc(-c2ccc(-c3ccccn3)cc2)cc(-c2ccc(-c3ccccc3)cn2)c1. The van der Waals surface area contributed by atoms with Gasteiger partial charge in [0.15, 0.2) is 0 Å². The van der Waals surface area contributed by atoms with Crippen LogP contribution in [0.3, 0.4) is 0 Å². The molecule has 0 bridgehead atoms. The Kier molecular flexibility index (Phi) is 9.21. The highest BCUT2D eigenvalue weighted by atomic mass is 14.7. The van der Waals surface area contributed by atoms with Gasteiger partial charge in [-0.25, -0.2) is 0 Å². The molecular formula is C48H38N4. The summed E-state index contributed by atoms with van der Waals surface area (Å²) in [5.74, 6) is -0.215. The van der Waals surface area contributed by atoms with E-state index in [2.05, 4.69) is 132 Å². The number of aromatic nitrogens is 2. The lowest BCUT2D eigenvalue weighted by Crippen LogP contribution is -2.22. The first-order valence-corrected chi connectivity index (χ1v) is 17.5. The largest absolute Gasteiger partial charge is 0.398 e. The molecule has 2 heterocycles. The maximum Gasteiger partial charge on any atom is 0.0702 e. The van der Waals surface area contributed by atoms with Gasteiger partial charge in [-0.2, -0.15) is 0 Å². The molecule has 6 aromatic carbocycles. The Balaban J connectivity index is 1.25. The van der Waals surface area contributed by atoms with E-state index in [1.165, 1.54) is 0 Å². The molecule has 2 aromatic heterocycles. The molecule has 52 heavy (non-hydrogen) atoms. The molecule has 0 saturated carbocycles. The number of hydrogen-bond donors (Lipinski definition) is 2. The highest BCUT2D eigenvalue weighted by Crippen LogP contribution is 2.42. The Morgan fingerprint density at radius 3 is 1.60 bits per heavy atom. The van der Waals surface area contributed by atoms with Crippen LogP contribution in [-0.4, -0.2) is 9.97 Å². The second kappa shape index (κ2) is 14.7. The van der Waals surface area contributed by atoms with Crippen molar-refractivity contribution in [3.05, 3.63) is 211 Å². The lowest BCUT2D eigenvalue weighted by atomic mass is 9.79. The van der Waals surface area contributed by atoms with E-state index in [4.69, 9.17) is 16.5 Å². The van der Waals surface area contributed by atoms with Gasteiger partial charge < -0.3 is 11.5 Å². The van der Waals surface area contributed by atoms with Crippen LogP contribution < -0.4 is 11.5 Å². The number of nitrogens with zero attached hydrogens (tertiary/aromatic N) is 2. The molecule has 4 heteroatoms. The fourth-order valence-electron chi connectivity index (χ4n) is 6.98. The summed E-state index contributed by atoms with van der Waals surface area (Å²) in [7, 11) is 0. The zero-order chi connectivity index (χ0) is 35.3. The molecule has 0 aliphatic heterocycles. The highest BCUT2D eigenvalue weighted by molar-refractivity contribution is 5.76. The van der Waals surface area contributed by atoms with Crippen LogP contribution in [0.5, 0.6) is 0 Å². The van der Waals surface area contributed by atoms with Crippen LogP contribution >= 0.6 is 0 Å². The molecule has 0 fully saturated rings. The maximum absolute atomic E-state index is 7.47. The molecule has 8 aromatic rings. The van der Waals surface area contributed by atoms with E-state index >= 15 is 0 Å². The molecule has 0 amide bonds. The van der Waals surface area contributed by atoms with Crippen molar-refractivity contribution in [1.82, 2.24) is 9.97 Å². The molecule has 2 atom stereocenters.